The summed E-state index contributed by atoms with van der Waals surface area (Å²) in [5.41, 5.74) is 0. The third kappa shape index (κ3) is 22.9. The number of amides is 8. The van der Waals surface area contributed by atoms with Crippen LogP contribution in [0.15, 0.2) is 0 Å². The fourth-order valence-electron chi connectivity index (χ4n) is 12.9. The zero-order valence-electron chi connectivity index (χ0n) is 60.9. The van der Waals surface area contributed by atoms with Crippen LogP contribution in [0.3, 0.4) is 0 Å². The Morgan fingerprint density at radius 3 is 1.36 bits per heavy atom. The van der Waals surface area contributed by atoms with Crippen LogP contribution in [0.2, 0.25) is 0 Å². The molecular weight excluding hydrogens is 1180 g/mol. The Kier molecular flexibility index (Phi) is 34.4. The van der Waals surface area contributed by atoms with Crippen LogP contribution in [0.4, 0.5) is 0 Å². The minimum atomic E-state index is -1.53. The van der Waals surface area contributed by atoms with Gasteiger partial charge in [-0.3, -0.25) is 57.6 Å². The van der Waals surface area contributed by atoms with Gasteiger partial charge < -0.3 is 54.2 Å². The summed E-state index contributed by atoms with van der Waals surface area (Å²) in [6.07, 6.45) is -1.20. The van der Waals surface area contributed by atoms with Crippen molar-refractivity contribution in [2.24, 2.45) is 59.2 Å². The average molecular weight is 1300 g/mol. The van der Waals surface area contributed by atoms with Gasteiger partial charge in [0, 0.05) is 107 Å². The second-order valence-corrected chi connectivity index (χ2v) is 29.1. The molecule has 2 aliphatic rings. The van der Waals surface area contributed by atoms with Gasteiger partial charge in [0.05, 0.1) is 38.0 Å². The zero-order chi connectivity index (χ0) is 70.7. The van der Waals surface area contributed by atoms with Crippen LogP contribution >= 0.6 is 0 Å². The number of hydrogen-bond donors (Lipinski definition) is 2. The largest absolute Gasteiger partial charge is 0.390 e. The van der Waals surface area contributed by atoms with E-state index < -0.39 is 161 Å². The Bertz CT molecular complexity index is 2470. The number of likely N-dealkylation sites (N-methyl/N-ethyl adjacent to an activating group) is 7. The van der Waals surface area contributed by atoms with E-state index in [1.165, 1.54) is 97.7 Å². The molecule has 2 heterocycles. The van der Waals surface area contributed by atoms with E-state index in [9.17, 15) is 33.9 Å². The van der Waals surface area contributed by atoms with Crippen LogP contribution < -0.4 is 5.32 Å². The second-order valence-electron chi connectivity index (χ2n) is 29.1. The number of methoxy groups -OCH3 is 1. The summed E-state index contributed by atoms with van der Waals surface area (Å²) >= 11 is 0. The fourth-order valence-corrected chi connectivity index (χ4v) is 12.9. The van der Waals surface area contributed by atoms with Crippen molar-refractivity contribution in [3.63, 3.8) is 0 Å². The summed E-state index contributed by atoms with van der Waals surface area (Å²) in [5, 5.41) is 15.3. The Morgan fingerprint density at radius 2 is 0.902 bits per heavy atom. The zero-order valence-corrected chi connectivity index (χ0v) is 60.9. The van der Waals surface area contributed by atoms with Crippen LogP contribution in [0, 0.1) is 59.2 Å². The van der Waals surface area contributed by atoms with E-state index in [2.05, 4.69) is 10.2 Å². The van der Waals surface area contributed by atoms with Crippen molar-refractivity contribution in [3.05, 3.63) is 0 Å². The number of hydrogen-bond acceptors (Lipinski definition) is 15. The number of aliphatic hydroxyl groups excluding tert-OH is 1. The van der Waals surface area contributed by atoms with Gasteiger partial charge in [-0.25, -0.2) is 0 Å². The van der Waals surface area contributed by atoms with Crippen molar-refractivity contribution in [2.45, 2.75) is 223 Å². The average Bonchev–Trinajstić information content (AvgIpc) is 0.820. The highest BCUT2D eigenvalue weighted by Crippen LogP contribution is 2.30. The minimum absolute atomic E-state index is 0.0808. The maximum atomic E-state index is 15.4. The lowest BCUT2D eigenvalue weighted by molar-refractivity contribution is -0.157. The highest BCUT2D eigenvalue weighted by molar-refractivity contribution is 6.00. The first-order valence-electron chi connectivity index (χ1n) is 33.9. The number of rotatable bonds is 18. The van der Waals surface area contributed by atoms with E-state index in [0.717, 1.165) is 0 Å². The molecule has 0 bridgehead atoms. The topological polar surface area (TPSA) is 264 Å². The van der Waals surface area contributed by atoms with Crippen molar-refractivity contribution >= 4 is 64.6 Å². The lowest BCUT2D eigenvalue weighted by Gasteiger charge is -2.42. The third-order valence-corrected chi connectivity index (χ3v) is 18.9. The van der Waals surface area contributed by atoms with Gasteiger partial charge in [0.15, 0.2) is 17.3 Å². The van der Waals surface area contributed by atoms with Crippen molar-refractivity contribution < 1.29 is 67.3 Å². The predicted octanol–water partition coefficient (Wildman–Crippen LogP) is 5.31. The number of ketones is 3. The molecule has 0 aromatic rings. The second kappa shape index (κ2) is 38.2. The molecule has 23 heteroatoms. The molecule has 23 nitrogen and oxygen atoms in total. The number of nitrogens with zero attached hydrogens (tertiary/aromatic N) is 8. The molecule has 2 N–H and O–H groups in total. The van der Waals surface area contributed by atoms with E-state index in [0.29, 0.717) is 39.3 Å². The van der Waals surface area contributed by atoms with E-state index in [4.69, 9.17) is 9.47 Å². The first-order chi connectivity index (χ1) is 42.7. The summed E-state index contributed by atoms with van der Waals surface area (Å²) in [5.74, 6) is -11.2. The molecule has 0 spiro atoms. The summed E-state index contributed by atoms with van der Waals surface area (Å²) in [7, 11) is 11.6. The number of Topliss-reactive ketones (excluding diaryl/α,β-unsaturated/α-hetero) is 3. The quantitative estimate of drug-likeness (QED) is 0.176. The lowest BCUT2D eigenvalue weighted by atomic mass is 9.84. The number of morpholine rings is 1. The molecule has 0 aliphatic carbocycles. The van der Waals surface area contributed by atoms with Crippen LogP contribution in [0.25, 0.3) is 0 Å². The highest BCUT2D eigenvalue weighted by Gasteiger charge is 2.46. The molecule has 13 atom stereocenters. The molecule has 92 heavy (non-hydrogen) atoms. The van der Waals surface area contributed by atoms with Gasteiger partial charge in [-0.2, -0.15) is 0 Å². The molecule has 0 aromatic carbocycles. The molecule has 0 saturated carbocycles. The van der Waals surface area contributed by atoms with Crippen LogP contribution in [0.5, 0.6) is 0 Å². The Balaban J connectivity index is 3.05. The van der Waals surface area contributed by atoms with Gasteiger partial charge in [-0.1, -0.05) is 104 Å². The predicted molar refractivity (Wildman–Crippen MR) is 355 cm³/mol. The summed E-state index contributed by atoms with van der Waals surface area (Å²) in [4.78, 5) is 175. The number of carbonyl (C=O) groups is 11. The summed E-state index contributed by atoms with van der Waals surface area (Å²) < 4.78 is 11.1. The Labute approximate surface area is 552 Å². The molecule has 2 aliphatic heterocycles. The Morgan fingerprint density at radius 1 is 0.489 bits per heavy atom. The fraction of sp³-hybridized carbons (Fsp3) is 0.841. The molecule has 8 amide bonds. The van der Waals surface area contributed by atoms with Gasteiger partial charge in [-0.15, -0.1) is 0 Å². The summed E-state index contributed by atoms with van der Waals surface area (Å²) in [6, 6.07) is -9.59. The lowest BCUT2D eigenvalue weighted by Crippen LogP contribution is -2.62. The van der Waals surface area contributed by atoms with Crippen molar-refractivity contribution in [2.75, 3.05) is 95.9 Å². The summed E-state index contributed by atoms with van der Waals surface area (Å²) in [6.45, 7) is 31.6. The van der Waals surface area contributed by atoms with Gasteiger partial charge in [-0.05, 0) is 93.4 Å². The maximum Gasteiger partial charge on any atom is 0.248 e. The molecule has 0 aromatic heterocycles. The van der Waals surface area contributed by atoms with Gasteiger partial charge >= 0.3 is 0 Å². The number of carbonyl (C=O) groups excluding carboxylic acids is 11. The van der Waals surface area contributed by atoms with Crippen molar-refractivity contribution in [1.29, 1.82) is 0 Å². The molecular formula is C69H123N9O14. The van der Waals surface area contributed by atoms with E-state index in [1.807, 2.05) is 55.4 Å². The number of aliphatic hydroxyl groups is 1. The van der Waals surface area contributed by atoms with Gasteiger partial charge in [0.2, 0.25) is 47.3 Å². The van der Waals surface area contributed by atoms with Gasteiger partial charge in [0.1, 0.15) is 36.3 Å². The molecule has 0 radical (unpaired) electrons. The molecule has 2 saturated heterocycles. The molecule has 2 fully saturated rings. The van der Waals surface area contributed by atoms with Crippen LogP contribution in [-0.2, 0) is 62.2 Å². The minimum Gasteiger partial charge on any atom is -0.390 e. The molecule has 2 rings (SSSR count). The molecule has 528 valence electrons. The number of ether oxygens (including phenoxy) is 2. The first-order valence-corrected chi connectivity index (χ1v) is 33.9. The molecule has 0 unspecified atom stereocenters. The van der Waals surface area contributed by atoms with E-state index in [-0.39, 0.29) is 75.2 Å². The van der Waals surface area contributed by atoms with Crippen LogP contribution in [0.1, 0.15) is 169 Å². The monoisotopic (exact) mass is 1300 g/mol. The Hall–Kier alpha value is -5.39. The van der Waals surface area contributed by atoms with Gasteiger partial charge in [0.25, 0.3) is 0 Å². The van der Waals surface area contributed by atoms with E-state index >= 15 is 24.0 Å². The normalized spacial score (nSPS) is 28.0. The third-order valence-electron chi connectivity index (χ3n) is 18.9. The first kappa shape index (κ1) is 82.7. The number of nitrogens with one attached hydrogen (secondary N) is 1. The van der Waals surface area contributed by atoms with E-state index in [1.54, 1.807) is 48.5 Å². The SMILES string of the molecule is CC[C@H]1CC(=O)[C@@H]([C@H](O)[C@H](C)CCN2CCOCC2)N(C)C(=O)[C@@H](C(C)C)N(C)C(=O)[C@@H](CC(C)C)N(C)C(=O)[C@@H](CC(C)C)N(C)C(=O)[C@H](C)NC(=O)[C@@H](C)CC(=O)[C@H](CC(C)C)N(C)C(=O)[C@@H](C(C)C)CC(=O)[C@H](CC(C)C)N(C)C(=O)[C@@H](COC)N(C)C1=O. The van der Waals surface area contributed by atoms with Crippen molar-refractivity contribution in [1.82, 2.24) is 44.5 Å². The smallest absolute Gasteiger partial charge is 0.248 e. The highest BCUT2D eigenvalue weighted by atomic mass is 16.5. The maximum absolute atomic E-state index is 15.4. The standard InChI is InChI=1S/C69H123N9O14/c1-25-49-37-58(81)60(61(82)46(14)26-27-78-28-30-92-31-29-78)77(23)69(90)59(45(12)13)76(22)67(88)54(35-43(8)9)74(20)66(87)53(34-42(6)7)73(19)63(84)48(16)70-62(83)47(15)36-56(79)51(32-40(2)3)71(17)65(86)50(44(10)11)38-57(80)52(33-41(4)5)72(18)68(89)55(39-91-24)75(21)64(49)85/h40-55,59-61,82H,25-39H2,1-24H3,(H,70,83)/t46-,47+,48+,49+,50-,51+,52+,53-,54-,55-,59-,60+,61-/m1/s1. The van der Waals surface area contributed by atoms with Crippen LogP contribution in [-0.4, -0.2) is 259 Å². The van der Waals surface area contributed by atoms with Crippen molar-refractivity contribution in [3.8, 4) is 0 Å².